The summed E-state index contributed by atoms with van der Waals surface area (Å²) in [5, 5.41) is 5.17. The molecule has 2 N–H and O–H groups in total. The maximum atomic E-state index is 11.2. The lowest BCUT2D eigenvalue weighted by molar-refractivity contribution is -0.144. The molecule has 0 saturated heterocycles. The van der Waals surface area contributed by atoms with Gasteiger partial charge in [-0.25, -0.2) is 4.79 Å². The van der Waals surface area contributed by atoms with E-state index in [-0.39, 0.29) is 11.9 Å². The second-order valence-corrected chi connectivity index (χ2v) is 2.98. The van der Waals surface area contributed by atoms with Gasteiger partial charge in [-0.15, -0.1) is 0 Å². The average molecular weight is 206 g/mol. The van der Waals surface area contributed by atoms with E-state index in [1.54, 1.807) is 13.8 Å². The average Bonchev–Trinajstić information content (AvgIpc) is 2.14. The first-order valence-corrected chi connectivity index (χ1v) is 4.45. The molecule has 0 aliphatic carbocycles. The van der Waals surface area contributed by atoms with Gasteiger partial charge in [0.1, 0.15) is 6.04 Å². The van der Waals surface area contributed by atoms with Crippen molar-refractivity contribution in [3.63, 3.8) is 0 Å². The third-order valence-corrected chi connectivity index (χ3v) is 2.06. The first kappa shape index (κ1) is 12.3. The van der Waals surface area contributed by atoms with Gasteiger partial charge in [-0.1, -0.05) is 9.39 Å². The molecule has 0 aliphatic rings. The van der Waals surface area contributed by atoms with Crippen molar-refractivity contribution >= 4 is 21.3 Å². The van der Waals surface area contributed by atoms with Crippen molar-refractivity contribution in [2.45, 2.75) is 25.9 Å². The molecule has 0 aliphatic heterocycles. The molecular formula is C7H15N2O3P. The van der Waals surface area contributed by atoms with E-state index >= 15 is 0 Å². The molecule has 0 bridgehead atoms. The molecule has 1 unspecified atom stereocenters. The molecule has 0 saturated carbocycles. The Hall–Kier alpha value is -0.670. The van der Waals surface area contributed by atoms with Crippen molar-refractivity contribution in [3.05, 3.63) is 0 Å². The van der Waals surface area contributed by atoms with Crippen LogP contribution in [-0.2, 0) is 14.3 Å². The van der Waals surface area contributed by atoms with E-state index in [0.29, 0.717) is 0 Å². The highest BCUT2D eigenvalue weighted by atomic mass is 31.0. The van der Waals surface area contributed by atoms with Gasteiger partial charge in [-0.05, 0) is 13.8 Å². The number of amides is 1. The largest absolute Gasteiger partial charge is 0.467 e. The molecule has 0 rings (SSSR count). The minimum Gasteiger partial charge on any atom is -0.467 e. The molecule has 13 heavy (non-hydrogen) atoms. The summed E-state index contributed by atoms with van der Waals surface area (Å²) in [7, 11) is 3.51. The second-order valence-electron chi connectivity index (χ2n) is 2.64. The predicted molar refractivity (Wildman–Crippen MR) is 51.9 cm³/mol. The van der Waals surface area contributed by atoms with Crippen LogP contribution in [0.4, 0.5) is 0 Å². The van der Waals surface area contributed by atoms with Crippen LogP contribution in [0, 0.1) is 0 Å². The van der Waals surface area contributed by atoms with Crippen molar-refractivity contribution in [1.29, 1.82) is 0 Å². The standard InChI is InChI=1S/C7H15N2O3P/c1-4(9-13)6(10)8-5(2)7(11)12-3/h4-5,9H,13H2,1-3H3,(H,8,10)/t4-,5-/m1/s1. The SMILES string of the molecule is COC(=O)[C@@H](C)NC(=O)[C@@H](C)NP. The normalized spacial score (nSPS) is 14.5. The van der Waals surface area contributed by atoms with E-state index in [2.05, 4.69) is 24.5 Å². The molecule has 0 radical (unpaired) electrons. The monoisotopic (exact) mass is 206 g/mol. The van der Waals surface area contributed by atoms with Crippen LogP contribution >= 0.6 is 9.39 Å². The van der Waals surface area contributed by atoms with Gasteiger partial charge < -0.3 is 10.1 Å². The Morgan fingerprint density at radius 1 is 1.31 bits per heavy atom. The molecule has 3 atom stereocenters. The van der Waals surface area contributed by atoms with Crippen LogP contribution in [0.3, 0.4) is 0 Å². The van der Waals surface area contributed by atoms with Gasteiger partial charge in [0.05, 0.1) is 13.2 Å². The lowest BCUT2D eigenvalue weighted by Gasteiger charge is -2.14. The van der Waals surface area contributed by atoms with Crippen molar-refractivity contribution < 1.29 is 14.3 Å². The van der Waals surface area contributed by atoms with Crippen LogP contribution in [0.25, 0.3) is 0 Å². The molecule has 0 aromatic heterocycles. The summed E-state index contributed by atoms with van der Waals surface area (Å²) in [5.41, 5.74) is 0. The number of rotatable bonds is 4. The number of methoxy groups -OCH3 is 1. The summed E-state index contributed by atoms with van der Waals surface area (Å²) in [5.74, 6) is -0.697. The zero-order chi connectivity index (χ0) is 10.4. The van der Waals surface area contributed by atoms with Gasteiger partial charge in [-0.3, -0.25) is 9.88 Å². The molecule has 1 amide bonds. The highest BCUT2D eigenvalue weighted by Crippen LogP contribution is 1.90. The first-order valence-electron chi connectivity index (χ1n) is 3.87. The Balaban J connectivity index is 3.98. The summed E-state index contributed by atoms with van der Waals surface area (Å²) in [4.78, 5) is 22.1. The molecule has 0 aromatic carbocycles. The first-order chi connectivity index (χ1) is 6.02. The van der Waals surface area contributed by atoms with Crippen LogP contribution in [0.15, 0.2) is 0 Å². The van der Waals surface area contributed by atoms with E-state index in [1.165, 1.54) is 7.11 Å². The highest BCUT2D eigenvalue weighted by molar-refractivity contribution is 7.13. The summed E-state index contributed by atoms with van der Waals surface area (Å²) in [6, 6.07) is -0.963. The zero-order valence-corrected chi connectivity index (χ0v) is 9.11. The van der Waals surface area contributed by atoms with E-state index < -0.39 is 12.0 Å². The van der Waals surface area contributed by atoms with E-state index in [4.69, 9.17) is 0 Å². The fraction of sp³-hybridized carbons (Fsp3) is 0.714. The van der Waals surface area contributed by atoms with Crippen molar-refractivity contribution in [2.24, 2.45) is 0 Å². The van der Waals surface area contributed by atoms with Gasteiger partial charge in [-0.2, -0.15) is 0 Å². The lowest BCUT2D eigenvalue weighted by atomic mass is 10.3. The van der Waals surface area contributed by atoms with E-state index in [0.717, 1.165) is 0 Å². The fourth-order valence-corrected chi connectivity index (χ4v) is 0.801. The molecule has 0 heterocycles. The second kappa shape index (κ2) is 5.89. The Morgan fingerprint density at radius 2 is 1.85 bits per heavy atom. The molecule has 76 valence electrons. The number of hydrogen-bond donors (Lipinski definition) is 2. The van der Waals surface area contributed by atoms with Crippen molar-refractivity contribution in [3.8, 4) is 0 Å². The van der Waals surface area contributed by atoms with Crippen molar-refractivity contribution in [2.75, 3.05) is 7.11 Å². The van der Waals surface area contributed by atoms with E-state index in [9.17, 15) is 9.59 Å². The Labute approximate surface area is 79.9 Å². The number of esters is 1. The van der Waals surface area contributed by atoms with Crippen LogP contribution in [0.5, 0.6) is 0 Å². The Kier molecular flexibility index (Phi) is 5.58. The maximum absolute atomic E-state index is 11.2. The number of hydrogen-bond acceptors (Lipinski definition) is 4. The van der Waals surface area contributed by atoms with Gasteiger partial charge in [0.25, 0.3) is 0 Å². The quantitative estimate of drug-likeness (QED) is 0.477. The minimum absolute atomic E-state index is 0.243. The van der Waals surface area contributed by atoms with Crippen LogP contribution < -0.4 is 10.4 Å². The highest BCUT2D eigenvalue weighted by Gasteiger charge is 2.18. The van der Waals surface area contributed by atoms with Crippen LogP contribution in [-0.4, -0.2) is 31.1 Å². The molecular weight excluding hydrogens is 191 g/mol. The van der Waals surface area contributed by atoms with Crippen molar-refractivity contribution in [1.82, 2.24) is 10.4 Å². The topological polar surface area (TPSA) is 67.4 Å². The van der Waals surface area contributed by atoms with Gasteiger partial charge in [0.15, 0.2) is 0 Å². The van der Waals surface area contributed by atoms with Gasteiger partial charge in [0.2, 0.25) is 5.91 Å². The minimum atomic E-state index is -0.613. The summed E-state index contributed by atoms with van der Waals surface area (Å²) in [6.45, 7) is 3.26. The molecule has 0 fully saturated rings. The third kappa shape index (κ3) is 4.20. The Bertz CT molecular complexity index is 198. The molecule has 0 spiro atoms. The summed E-state index contributed by atoms with van der Waals surface area (Å²) in [6.07, 6.45) is 0. The van der Waals surface area contributed by atoms with E-state index in [1.807, 2.05) is 0 Å². The summed E-state index contributed by atoms with van der Waals surface area (Å²) < 4.78 is 4.45. The number of ether oxygens (including phenoxy) is 1. The molecule has 0 aromatic rings. The third-order valence-electron chi connectivity index (χ3n) is 1.56. The fourth-order valence-electron chi connectivity index (χ4n) is 0.650. The zero-order valence-electron chi connectivity index (χ0n) is 7.96. The summed E-state index contributed by atoms with van der Waals surface area (Å²) >= 11 is 0. The lowest BCUT2D eigenvalue weighted by Crippen LogP contribution is -2.46. The number of carbonyl (C=O) groups excluding carboxylic acids is 2. The van der Waals surface area contributed by atoms with Gasteiger partial charge >= 0.3 is 5.97 Å². The predicted octanol–water partition coefficient (Wildman–Crippen LogP) is -0.568. The molecule has 6 heteroatoms. The molecule has 5 nitrogen and oxygen atoms in total. The smallest absolute Gasteiger partial charge is 0.328 e. The Morgan fingerprint density at radius 3 is 2.23 bits per heavy atom. The van der Waals surface area contributed by atoms with Gasteiger partial charge in [0, 0.05) is 0 Å². The number of nitrogens with one attached hydrogen (secondary N) is 2. The number of carbonyl (C=O) groups is 2. The van der Waals surface area contributed by atoms with Crippen LogP contribution in [0.2, 0.25) is 0 Å². The van der Waals surface area contributed by atoms with Crippen LogP contribution in [0.1, 0.15) is 13.8 Å². The maximum Gasteiger partial charge on any atom is 0.328 e.